The minimum absolute atomic E-state index is 0.0554. The summed E-state index contributed by atoms with van der Waals surface area (Å²) in [6, 6.07) is -1.11. The van der Waals surface area contributed by atoms with Crippen LogP contribution in [0.5, 0.6) is 0 Å². The van der Waals surface area contributed by atoms with Crippen LogP contribution in [0.25, 0.3) is 0 Å². The maximum Gasteiger partial charge on any atom is 0.407 e. The number of hydrogen-bond acceptors (Lipinski definition) is 11. The van der Waals surface area contributed by atoms with Gasteiger partial charge < -0.3 is 35.8 Å². The van der Waals surface area contributed by atoms with Gasteiger partial charge in [0.15, 0.2) is 0 Å². The van der Waals surface area contributed by atoms with Gasteiger partial charge in [-0.25, -0.2) is 4.79 Å². The molecule has 0 bridgehead atoms. The van der Waals surface area contributed by atoms with Gasteiger partial charge >= 0.3 is 30.0 Å². The monoisotopic (exact) mass is 696 g/mol. The van der Waals surface area contributed by atoms with Gasteiger partial charge in [0.05, 0.1) is 26.2 Å². The van der Waals surface area contributed by atoms with Crippen LogP contribution in [-0.4, -0.2) is 174 Å². The number of amides is 2. The van der Waals surface area contributed by atoms with Crippen LogP contribution in [0.2, 0.25) is 0 Å². The number of carbonyl (C=O) groups is 6. The van der Waals surface area contributed by atoms with Gasteiger partial charge in [0.2, 0.25) is 5.91 Å². The van der Waals surface area contributed by atoms with Gasteiger partial charge in [-0.15, -0.1) is 0 Å². The Kier molecular flexibility index (Phi) is 16.7. The molecule has 0 aromatic carbocycles. The van der Waals surface area contributed by atoms with E-state index in [0.29, 0.717) is 24.4 Å². The fourth-order valence-corrected chi connectivity index (χ4v) is 6.76. The van der Waals surface area contributed by atoms with Crippen molar-refractivity contribution in [2.24, 2.45) is 17.8 Å². The summed E-state index contributed by atoms with van der Waals surface area (Å²) in [5.74, 6) is -3.21. The molecule has 0 radical (unpaired) electrons. The number of fused-ring (bicyclic) bond motifs is 1. The van der Waals surface area contributed by atoms with Gasteiger partial charge in [-0.05, 0) is 49.9 Å². The highest BCUT2D eigenvalue weighted by Gasteiger charge is 2.49. The van der Waals surface area contributed by atoms with Crippen molar-refractivity contribution in [1.82, 2.24) is 30.2 Å². The molecule has 6 N–H and O–H groups in total. The first kappa shape index (κ1) is 39.6. The van der Waals surface area contributed by atoms with Crippen LogP contribution in [0.15, 0.2) is 12.2 Å². The zero-order chi connectivity index (χ0) is 35.8. The molecule has 2 unspecified atom stereocenters. The summed E-state index contributed by atoms with van der Waals surface area (Å²) in [5, 5.41) is 43.6. The molecule has 2 aliphatic carbocycles. The van der Waals surface area contributed by atoms with Crippen molar-refractivity contribution in [3.05, 3.63) is 12.2 Å². The summed E-state index contributed by atoms with van der Waals surface area (Å²) in [7, 11) is 0. The summed E-state index contributed by atoms with van der Waals surface area (Å²) < 4.78 is 5.40. The van der Waals surface area contributed by atoms with E-state index >= 15 is 0 Å². The van der Waals surface area contributed by atoms with Crippen molar-refractivity contribution >= 4 is 35.9 Å². The normalized spacial score (nSPS) is 24.4. The van der Waals surface area contributed by atoms with Crippen LogP contribution in [0.3, 0.4) is 0 Å². The maximum absolute atomic E-state index is 12.6. The number of carboxylic acids is 4. The maximum atomic E-state index is 12.6. The van der Waals surface area contributed by atoms with Crippen LogP contribution >= 0.6 is 0 Å². The Balaban J connectivity index is 1.49. The fraction of sp³-hybridized carbons (Fsp3) is 0.750. The number of nitrogens with zero attached hydrogens (tertiary/aromatic N) is 4. The molecule has 2 fully saturated rings. The lowest BCUT2D eigenvalue weighted by atomic mass is 10.1. The topological polar surface area (TPSA) is 230 Å². The largest absolute Gasteiger partial charge is 0.480 e. The number of nitrogens with one attached hydrogen (secondary N) is 2. The van der Waals surface area contributed by atoms with E-state index in [2.05, 4.69) is 22.8 Å². The van der Waals surface area contributed by atoms with Crippen molar-refractivity contribution in [2.75, 3.05) is 91.7 Å². The fourth-order valence-electron chi connectivity index (χ4n) is 6.76. The number of rotatable bonds is 16. The predicted octanol–water partition coefficient (Wildman–Crippen LogP) is -0.470. The van der Waals surface area contributed by atoms with Crippen LogP contribution in [0.4, 0.5) is 4.79 Å². The SMILES string of the molecule is O=C(O)CN1CCN(CC(=O)O)CCN(C(CCC(=O)NCCNC(=O)OCC2[C@H]3CC/C=C\CC[C@@H]23)C(=O)O)CCN(CC(=O)O)CC1. The second-order valence-corrected chi connectivity index (χ2v) is 12.9. The van der Waals surface area contributed by atoms with Crippen LogP contribution < -0.4 is 10.6 Å². The van der Waals surface area contributed by atoms with Gasteiger partial charge in [-0.1, -0.05) is 12.2 Å². The molecule has 4 atom stereocenters. The summed E-state index contributed by atoms with van der Waals surface area (Å²) in [6.07, 6.45) is 8.05. The molecule has 1 aliphatic heterocycles. The van der Waals surface area contributed by atoms with Crippen molar-refractivity contribution in [2.45, 2.75) is 44.6 Å². The average Bonchev–Trinajstić information content (AvgIpc) is 3.66. The smallest absolute Gasteiger partial charge is 0.407 e. The van der Waals surface area contributed by atoms with E-state index in [0.717, 1.165) is 25.7 Å². The third kappa shape index (κ3) is 15.1. The lowest BCUT2D eigenvalue weighted by Gasteiger charge is -2.35. The molecule has 3 aliphatic rings. The second kappa shape index (κ2) is 20.7. The Labute approximate surface area is 286 Å². The van der Waals surface area contributed by atoms with Crippen molar-refractivity contribution in [3.63, 3.8) is 0 Å². The molecular weight excluding hydrogens is 644 g/mol. The number of alkyl carbamates (subject to hydrolysis) is 1. The number of carbonyl (C=O) groups excluding carboxylic acids is 2. The molecule has 3 rings (SSSR count). The zero-order valence-electron chi connectivity index (χ0n) is 28.0. The Morgan fingerprint density at radius 2 is 1.12 bits per heavy atom. The molecule has 0 spiro atoms. The highest BCUT2D eigenvalue weighted by molar-refractivity contribution is 5.78. The van der Waals surface area contributed by atoms with Gasteiger partial charge in [0, 0.05) is 71.9 Å². The lowest BCUT2D eigenvalue weighted by molar-refractivity contribution is -0.145. The van der Waals surface area contributed by atoms with Crippen LogP contribution in [0, 0.1) is 17.8 Å². The Hall–Kier alpha value is -3.80. The van der Waals surface area contributed by atoms with E-state index in [1.54, 1.807) is 19.6 Å². The molecule has 1 saturated carbocycles. The van der Waals surface area contributed by atoms with E-state index in [9.17, 15) is 49.2 Å². The summed E-state index contributed by atoms with van der Waals surface area (Å²) in [5.41, 5.74) is 0. The summed E-state index contributed by atoms with van der Waals surface area (Å²) >= 11 is 0. The minimum Gasteiger partial charge on any atom is -0.480 e. The molecule has 2 amide bonds. The van der Waals surface area contributed by atoms with Crippen LogP contribution in [0.1, 0.15) is 38.5 Å². The zero-order valence-corrected chi connectivity index (χ0v) is 28.0. The molecule has 1 heterocycles. The van der Waals surface area contributed by atoms with Crippen molar-refractivity contribution < 1.29 is 53.9 Å². The average molecular weight is 697 g/mol. The first-order chi connectivity index (χ1) is 23.4. The minimum atomic E-state index is -1.18. The van der Waals surface area contributed by atoms with E-state index < -0.39 is 41.9 Å². The summed E-state index contributed by atoms with van der Waals surface area (Å²) in [6.45, 7) is 1.08. The molecule has 17 nitrogen and oxygen atoms in total. The molecule has 0 aromatic rings. The van der Waals surface area contributed by atoms with Crippen molar-refractivity contribution in [3.8, 4) is 0 Å². The van der Waals surface area contributed by atoms with E-state index in [-0.39, 0.29) is 97.9 Å². The summed E-state index contributed by atoms with van der Waals surface area (Å²) in [4.78, 5) is 78.0. The highest BCUT2D eigenvalue weighted by Crippen LogP contribution is 2.52. The molecule has 1 saturated heterocycles. The number of allylic oxidation sites excluding steroid dienone is 2. The van der Waals surface area contributed by atoms with Gasteiger partial charge in [-0.2, -0.15) is 0 Å². The molecule has 0 aromatic heterocycles. The van der Waals surface area contributed by atoms with Gasteiger partial charge in [0.25, 0.3) is 0 Å². The van der Waals surface area contributed by atoms with E-state index in [1.807, 2.05) is 0 Å². The Bertz CT molecular complexity index is 1120. The van der Waals surface area contributed by atoms with Crippen molar-refractivity contribution in [1.29, 1.82) is 0 Å². The molecule has 49 heavy (non-hydrogen) atoms. The second-order valence-electron chi connectivity index (χ2n) is 12.9. The molecular formula is C32H52N6O11. The Morgan fingerprint density at radius 1 is 0.673 bits per heavy atom. The number of carboxylic acid groups (broad SMARTS) is 4. The third-order valence-electron chi connectivity index (χ3n) is 9.45. The van der Waals surface area contributed by atoms with Gasteiger partial charge in [-0.3, -0.25) is 43.6 Å². The lowest BCUT2D eigenvalue weighted by Crippen LogP contribution is -2.52. The number of hydrogen-bond donors (Lipinski definition) is 6. The van der Waals surface area contributed by atoms with E-state index in [1.165, 1.54) is 0 Å². The van der Waals surface area contributed by atoms with Gasteiger partial charge in [0.1, 0.15) is 6.04 Å². The quantitative estimate of drug-likeness (QED) is 0.0885. The molecule has 276 valence electrons. The molecule has 17 heteroatoms. The first-order valence-electron chi connectivity index (χ1n) is 17.0. The third-order valence-corrected chi connectivity index (χ3v) is 9.45. The first-order valence-corrected chi connectivity index (χ1v) is 17.0. The standard InChI is InChI=1S/C32H52N6O11/c39-27(33-9-10-34-32(48)49-22-25-23-5-3-1-2-4-6-24(23)25)8-7-26(31(46)47)38-17-15-36(20-29(42)43)13-11-35(19-28(40)41)12-14-37(16-18-38)21-30(44)45/h1-2,23-26H,3-22H2,(H,33,39)(H,34,48)(H,40,41)(H,42,43)(H,44,45)(H,46,47)/b2-1-/t23-,24+,25?,26?. The number of ether oxygens (including phenoxy) is 1. The number of aliphatic carboxylic acids is 4. The predicted molar refractivity (Wildman–Crippen MR) is 175 cm³/mol. The Morgan fingerprint density at radius 3 is 1.57 bits per heavy atom. The van der Waals surface area contributed by atoms with Crippen LogP contribution in [-0.2, 0) is 28.7 Å². The highest BCUT2D eigenvalue weighted by atomic mass is 16.5. The van der Waals surface area contributed by atoms with E-state index in [4.69, 9.17) is 4.74 Å².